The van der Waals surface area contributed by atoms with E-state index in [1.54, 1.807) is 7.11 Å². The molecule has 0 heterocycles. The van der Waals surface area contributed by atoms with Crippen LogP contribution in [0.2, 0.25) is 0 Å². The summed E-state index contributed by atoms with van der Waals surface area (Å²) in [6.45, 7) is 4.25. The number of rotatable bonds is 3. The molecule has 1 aromatic rings. The number of carboxylic acids is 1. The Hall–Kier alpha value is -1.51. The van der Waals surface area contributed by atoms with Crippen LogP contribution in [0.5, 0.6) is 5.75 Å². The van der Waals surface area contributed by atoms with Gasteiger partial charge < -0.3 is 9.84 Å². The Morgan fingerprint density at radius 3 is 2.68 bits per heavy atom. The first-order chi connectivity index (χ1) is 9.02. The highest BCUT2D eigenvalue weighted by atomic mass is 16.5. The third-order valence-corrected chi connectivity index (χ3v) is 4.31. The average molecular weight is 262 g/mol. The second-order valence-electron chi connectivity index (χ2n) is 5.69. The van der Waals surface area contributed by atoms with Crippen molar-refractivity contribution in [1.82, 2.24) is 0 Å². The van der Waals surface area contributed by atoms with Crippen molar-refractivity contribution in [3.8, 4) is 5.75 Å². The molecule has 3 atom stereocenters. The van der Waals surface area contributed by atoms with E-state index in [-0.39, 0.29) is 11.8 Å². The highest BCUT2D eigenvalue weighted by molar-refractivity contribution is 5.71. The van der Waals surface area contributed by atoms with Gasteiger partial charge in [0.1, 0.15) is 5.75 Å². The first-order valence-electron chi connectivity index (χ1n) is 6.90. The number of methoxy groups -OCH3 is 1. The largest absolute Gasteiger partial charge is 0.497 e. The lowest BCUT2D eigenvalue weighted by Gasteiger charge is -2.33. The molecule has 0 saturated heterocycles. The van der Waals surface area contributed by atoms with Crippen LogP contribution in [0.4, 0.5) is 0 Å². The van der Waals surface area contributed by atoms with Crippen molar-refractivity contribution in [3.05, 3.63) is 29.3 Å². The van der Waals surface area contributed by atoms with E-state index in [2.05, 4.69) is 6.92 Å². The summed E-state index contributed by atoms with van der Waals surface area (Å²) in [5.41, 5.74) is 2.30. The summed E-state index contributed by atoms with van der Waals surface area (Å²) in [5.74, 6) is 0.654. The molecule has 0 spiro atoms. The van der Waals surface area contributed by atoms with Crippen LogP contribution in [0.1, 0.15) is 43.2 Å². The molecular formula is C16H22O3. The lowest BCUT2D eigenvalue weighted by molar-refractivity contribution is -0.143. The fraction of sp³-hybridized carbons (Fsp3) is 0.562. The van der Waals surface area contributed by atoms with Crippen molar-refractivity contribution in [3.63, 3.8) is 0 Å². The highest BCUT2D eigenvalue weighted by Gasteiger charge is 2.35. The van der Waals surface area contributed by atoms with E-state index in [4.69, 9.17) is 4.74 Å². The van der Waals surface area contributed by atoms with Crippen LogP contribution in [-0.2, 0) is 4.79 Å². The lowest BCUT2D eigenvalue weighted by Crippen LogP contribution is -2.28. The Balaban J connectivity index is 2.33. The van der Waals surface area contributed by atoms with Crippen molar-refractivity contribution in [2.45, 2.75) is 39.0 Å². The minimum atomic E-state index is -0.660. The third-order valence-electron chi connectivity index (χ3n) is 4.31. The lowest BCUT2D eigenvalue weighted by atomic mass is 9.71. The van der Waals surface area contributed by atoms with Crippen LogP contribution in [0, 0.1) is 18.8 Å². The van der Waals surface area contributed by atoms with Crippen LogP contribution in [-0.4, -0.2) is 18.2 Å². The van der Waals surface area contributed by atoms with Crippen LogP contribution in [0.15, 0.2) is 18.2 Å². The normalized spacial score (nSPS) is 27.0. The van der Waals surface area contributed by atoms with Gasteiger partial charge in [-0.05, 0) is 61.3 Å². The second-order valence-corrected chi connectivity index (χ2v) is 5.69. The van der Waals surface area contributed by atoms with Crippen molar-refractivity contribution in [1.29, 1.82) is 0 Å². The molecule has 1 aromatic carbocycles. The van der Waals surface area contributed by atoms with Gasteiger partial charge >= 0.3 is 5.97 Å². The molecule has 1 N–H and O–H groups in total. The maximum Gasteiger partial charge on any atom is 0.307 e. The molecule has 3 unspecified atom stereocenters. The first kappa shape index (κ1) is 13.9. The van der Waals surface area contributed by atoms with Crippen LogP contribution >= 0.6 is 0 Å². The van der Waals surface area contributed by atoms with E-state index in [1.807, 2.05) is 25.1 Å². The molecule has 104 valence electrons. The molecule has 0 radical (unpaired) electrons. The van der Waals surface area contributed by atoms with E-state index >= 15 is 0 Å². The zero-order valence-corrected chi connectivity index (χ0v) is 11.8. The Morgan fingerprint density at radius 1 is 1.37 bits per heavy atom. The van der Waals surface area contributed by atoms with Crippen molar-refractivity contribution in [2.24, 2.45) is 11.8 Å². The number of hydrogen-bond donors (Lipinski definition) is 1. The van der Waals surface area contributed by atoms with Gasteiger partial charge in [0.25, 0.3) is 0 Å². The number of aliphatic carboxylic acids is 1. The van der Waals surface area contributed by atoms with Gasteiger partial charge in [-0.2, -0.15) is 0 Å². The Bertz CT molecular complexity index is 467. The van der Waals surface area contributed by atoms with Gasteiger partial charge in [-0.3, -0.25) is 4.79 Å². The van der Waals surface area contributed by atoms with Crippen LogP contribution in [0.25, 0.3) is 0 Å². The summed E-state index contributed by atoms with van der Waals surface area (Å²) in [6.07, 6.45) is 2.76. The molecule has 1 saturated carbocycles. The number of carbonyl (C=O) groups is 1. The fourth-order valence-corrected chi connectivity index (χ4v) is 3.21. The number of hydrogen-bond acceptors (Lipinski definition) is 2. The molecule has 0 amide bonds. The topological polar surface area (TPSA) is 46.5 Å². The van der Waals surface area contributed by atoms with Gasteiger partial charge in [-0.15, -0.1) is 0 Å². The monoisotopic (exact) mass is 262 g/mol. The Morgan fingerprint density at radius 2 is 2.11 bits per heavy atom. The molecule has 0 bridgehead atoms. The number of ether oxygens (including phenoxy) is 1. The van der Waals surface area contributed by atoms with E-state index in [0.29, 0.717) is 5.92 Å². The van der Waals surface area contributed by atoms with Gasteiger partial charge in [-0.1, -0.05) is 13.0 Å². The second kappa shape index (κ2) is 5.64. The third kappa shape index (κ3) is 2.91. The van der Waals surface area contributed by atoms with Gasteiger partial charge in [0.05, 0.1) is 13.0 Å². The van der Waals surface area contributed by atoms with Crippen molar-refractivity contribution < 1.29 is 14.6 Å². The van der Waals surface area contributed by atoms with Crippen molar-refractivity contribution >= 4 is 5.97 Å². The van der Waals surface area contributed by atoms with Gasteiger partial charge in [0, 0.05) is 0 Å². The minimum Gasteiger partial charge on any atom is -0.497 e. The quantitative estimate of drug-likeness (QED) is 0.905. The smallest absolute Gasteiger partial charge is 0.307 e. The standard InChI is InChI=1S/C16H22O3/c1-10-4-6-14(16(17)18)15(8-10)13-7-5-12(19-3)9-11(13)2/h5,7,9-10,14-15H,4,6,8H2,1-3H3,(H,17,18). The Kier molecular flexibility index (Phi) is 4.13. The van der Waals surface area contributed by atoms with E-state index < -0.39 is 5.97 Å². The van der Waals surface area contributed by atoms with Crippen LogP contribution in [0.3, 0.4) is 0 Å². The summed E-state index contributed by atoms with van der Waals surface area (Å²) in [4.78, 5) is 11.5. The SMILES string of the molecule is COc1ccc(C2CC(C)CCC2C(=O)O)c(C)c1. The summed E-state index contributed by atoms with van der Waals surface area (Å²) in [6, 6.07) is 5.96. The fourth-order valence-electron chi connectivity index (χ4n) is 3.21. The molecule has 19 heavy (non-hydrogen) atoms. The van der Waals surface area contributed by atoms with E-state index in [9.17, 15) is 9.90 Å². The molecule has 3 heteroatoms. The summed E-state index contributed by atoms with van der Waals surface area (Å²) in [5, 5.41) is 9.42. The number of aryl methyl sites for hydroxylation is 1. The van der Waals surface area contributed by atoms with Crippen molar-refractivity contribution in [2.75, 3.05) is 7.11 Å². The molecule has 3 nitrogen and oxygen atoms in total. The van der Waals surface area contributed by atoms with E-state index in [1.165, 1.54) is 5.56 Å². The molecule has 0 aromatic heterocycles. The molecule has 0 aliphatic heterocycles. The van der Waals surface area contributed by atoms with Gasteiger partial charge in [-0.25, -0.2) is 0 Å². The summed E-state index contributed by atoms with van der Waals surface area (Å²) >= 11 is 0. The van der Waals surface area contributed by atoms with Gasteiger partial charge in [0.2, 0.25) is 0 Å². The maximum atomic E-state index is 11.5. The summed E-state index contributed by atoms with van der Waals surface area (Å²) < 4.78 is 5.22. The minimum absolute atomic E-state index is 0.132. The van der Waals surface area contributed by atoms with Crippen LogP contribution < -0.4 is 4.74 Å². The zero-order valence-electron chi connectivity index (χ0n) is 11.8. The summed E-state index contributed by atoms with van der Waals surface area (Å²) in [7, 11) is 1.65. The number of carboxylic acid groups (broad SMARTS) is 1. The van der Waals surface area contributed by atoms with Gasteiger partial charge in [0.15, 0.2) is 0 Å². The molecule has 1 fully saturated rings. The first-order valence-corrected chi connectivity index (χ1v) is 6.90. The molecular weight excluding hydrogens is 240 g/mol. The predicted octanol–water partition coefficient (Wildman–Crippen LogP) is 3.61. The highest BCUT2D eigenvalue weighted by Crippen LogP contribution is 2.42. The number of benzene rings is 1. The molecule has 2 rings (SSSR count). The predicted molar refractivity (Wildman–Crippen MR) is 74.6 cm³/mol. The average Bonchev–Trinajstić information content (AvgIpc) is 2.38. The Labute approximate surface area is 114 Å². The maximum absolute atomic E-state index is 11.5. The zero-order chi connectivity index (χ0) is 14.0. The van der Waals surface area contributed by atoms with E-state index in [0.717, 1.165) is 30.6 Å². The molecule has 1 aliphatic rings. The molecule has 1 aliphatic carbocycles.